The number of benzene rings is 2. The summed E-state index contributed by atoms with van der Waals surface area (Å²) in [5.41, 5.74) is 1.62. The summed E-state index contributed by atoms with van der Waals surface area (Å²) in [5, 5.41) is 14.4. The fourth-order valence-electron chi connectivity index (χ4n) is 2.52. The zero-order chi connectivity index (χ0) is 15.4. The van der Waals surface area contributed by atoms with Crippen molar-refractivity contribution in [3.8, 4) is 5.75 Å². The first kappa shape index (κ1) is 14.6. The third kappa shape index (κ3) is 2.98. The van der Waals surface area contributed by atoms with Gasteiger partial charge in [0.1, 0.15) is 6.10 Å². The molecule has 0 aliphatic rings. The van der Waals surface area contributed by atoms with Gasteiger partial charge in [-0.3, -0.25) is 0 Å². The molecule has 4 nitrogen and oxygen atoms in total. The van der Waals surface area contributed by atoms with E-state index >= 15 is 0 Å². The number of hydrogen-bond donors (Lipinski definition) is 2. The zero-order valence-corrected chi connectivity index (χ0v) is 12.4. The van der Waals surface area contributed by atoms with Gasteiger partial charge in [-0.15, -0.1) is 0 Å². The number of likely N-dealkylation sites (N-methyl/N-ethyl adjacent to an activating group) is 1. The average Bonchev–Trinajstić information content (AvgIpc) is 3.03. The molecule has 0 unspecified atom stereocenters. The maximum absolute atomic E-state index is 10.4. The van der Waals surface area contributed by atoms with E-state index in [1.54, 1.807) is 13.3 Å². The Kier molecular flexibility index (Phi) is 4.42. The van der Waals surface area contributed by atoms with Gasteiger partial charge in [0.2, 0.25) is 0 Å². The average molecular weight is 297 g/mol. The molecule has 0 radical (unpaired) electrons. The summed E-state index contributed by atoms with van der Waals surface area (Å²) in [7, 11) is 1.80. The van der Waals surface area contributed by atoms with Gasteiger partial charge in [-0.25, -0.2) is 0 Å². The summed E-state index contributed by atoms with van der Waals surface area (Å²) in [4.78, 5) is 0. The van der Waals surface area contributed by atoms with Crippen LogP contribution in [0.25, 0.3) is 11.0 Å². The largest absolute Gasteiger partial charge is 0.479 e. The topological polar surface area (TPSA) is 54.6 Å². The van der Waals surface area contributed by atoms with E-state index in [-0.39, 0.29) is 0 Å². The van der Waals surface area contributed by atoms with Gasteiger partial charge in [-0.2, -0.15) is 0 Å². The summed E-state index contributed by atoms with van der Waals surface area (Å²) in [6.07, 6.45) is 0.501. The Morgan fingerprint density at radius 2 is 1.91 bits per heavy atom. The molecule has 2 atom stereocenters. The van der Waals surface area contributed by atoms with E-state index in [9.17, 15) is 5.11 Å². The van der Waals surface area contributed by atoms with E-state index in [0.717, 1.165) is 10.9 Å². The van der Waals surface area contributed by atoms with Crippen molar-refractivity contribution in [3.63, 3.8) is 0 Å². The minimum absolute atomic E-state index is 0.438. The van der Waals surface area contributed by atoms with E-state index in [1.165, 1.54) is 0 Å². The summed E-state index contributed by atoms with van der Waals surface area (Å²) >= 11 is 0. The molecule has 0 saturated heterocycles. The fourth-order valence-corrected chi connectivity index (χ4v) is 2.52. The fraction of sp³-hybridized carbons (Fsp3) is 0.222. The molecule has 0 spiro atoms. The van der Waals surface area contributed by atoms with Crippen LogP contribution in [0.15, 0.2) is 65.3 Å². The quantitative estimate of drug-likeness (QED) is 0.734. The summed E-state index contributed by atoms with van der Waals surface area (Å²) < 4.78 is 11.6. The standard InChI is InChI=1S/C18H19NO3/c1-19-12-15(20)17(13-6-3-2-4-7-13)22-16-9-5-8-14-10-11-21-18(14)16/h2-11,15,17,19-20H,12H2,1H3/t15-,17+/m1/s1. The Balaban J connectivity index is 1.94. The number of aliphatic hydroxyl groups is 1. The lowest BCUT2D eigenvalue weighted by atomic mass is 10.0. The molecule has 0 saturated carbocycles. The second-order valence-electron chi connectivity index (χ2n) is 5.17. The molecule has 0 aliphatic heterocycles. The minimum atomic E-state index is -0.669. The minimum Gasteiger partial charge on any atom is -0.479 e. The van der Waals surface area contributed by atoms with Crippen molar-refractivity contribution < 1.29 is 14.3 Å². The molecular weight excluding hydrogens is 278 g/mol. The molecule has 0 aliphatic carbocycles. The molecule has 2 N–H and O–H groups in total. The molecule has 114 valence electrons. The first-order chi connectivity index (χ1) is 10.8. The van der Waals surface area contributed by atoms with Gasteiger partial charge >= 0.3 is 0 Å². The predicted octanol–water partition coefficient (Wildman–Crippen LogP) is 3.13. The number of aliphatic hydroxyl groups excluding tert-OH is 1. The lowest BCUT2D eigenvalue weighted by Crippen LogP contribution is -2.32. The summed E-state index contributed by atoms with van der Waals surface area (Å²) in [6.45, 7) is 0.438. The number of fused-ring (bicyclic) bond motifs is 1. The van der Waals surface area contributed by atoms with Crippen LogP contribution in [0.1, 0.15) is 11.7 Å². The van der Waals surface area contributed by atoms with Gasteiger partial charge in [0.15, 0.2) is 17.4 Å². The van der Waals surface area contributed by atoms with Gasteiger partial charge in [0.25, 0.3) is 0 Å². The number of nitrogens with one attached hydrogen (secondary N) is 1. The normalized spacial score (nSPS) is 13.9. The molecule has 4 heteroatoms. The highest BCUT2D eigenvalue weighted by molar-refractivity contribution is 5.82. The van der Waals surface area contributed by atoms with Gasteiger partial charge in [-0.05, 0) is 24.7 Å². The first-order valence-corrected chi connectivity index (χ1v) is 7.30. The molecule has 3 aromatic rings. The third-order valence-electron chi connectivity index (χ3n) is 3.59. The van der Waals surface area contributed by atoms with Gasteiger partial charge in [0, 0.05) is 11.9 Å². The van der Waals surface area contributed by atoms with Crippen LogP contribution in [-0.4, -0.2) is 24.8 Å². The molecular formula is C18H19NO3. The number of furan rings is 1. The maximum Gasteiger partial charge on any atom is 0.175 e. The Bertz CT molecular complexity index is 723. The molecule has 2 aromatic carbocycles. The molecule has 3 rings (SSSR count). The smallest absolute Gasteiger partial charge is 0.175 e. The molecule has 0 fully saturated rings. The van der Waals surface area contributed by atoms with Crippen molar-refractivity contribution in [2.45, 2.75) is 12.2 Å². The summed E-state index contributed by atoms with van der Waals surface area (Å²) in [5.74, 6) is 0.631. The van der Waals surface area contributed by atoms with Crippen molar-refractivity contribution in [2.24, 2.45) is 0 Å². The SMILES string of the molecule is CNC[C@@H](O)[C@@H](Oc1cccc2ccoc12)c1ccccc1. The highest BCUT2D eigenvalue weighted by Gasteiger charge is 2.23. The van der Waals surface area contributed by atoms with E-state index in [2.05, 4.69) is 5.32 Å². The Hall–Kier alpha value is -2.30. The van der Waals surface area contributed by atoms with Gasteiger partial charge < -0.3 is 19.6 Å². The van der Waals surface area contributed by atoms with Crippen LogP contribution < -0.4 is 10.1 Å². The second kappa shape index (κ2) is 6.64. The van der Waals surface area contributed by atoms with Crippen LogP contribution in [0.4, 0.5) is 0 Å². The highest BCUT2D eigenvalue weighted by atomic mass is 16.5. The van der Waals surface area contributed by atoms with Crippen LogP contribution in [0.5, 0.6) is 5.75 Å². The predicted molar refractivity (Wildman–Crippen MR) is 86.0 cm³/mol. The number of hydrogen-bond acceptors (Lipinski definition) is 4. The first-order valence-electron chi connectivity index (χ1n) is 7.30. The van der Waals surface area contributed by atoms with Gasteiger partial charge in [-0.1, -0.05) is 42.5 Å². The monoisotopic (exact) mass is 297 g/mol. The Morgan fingerprint density at radius 3 is 2.68 bits per heavy atom. The van der Waals surface area contributed by atoms with Crippen LogP contribution in [0, 0.1) is 0 Å². The number of rotatable bonds is 6. The Labute approximate surface area is 129 Å². The molecule has 22 heavy (non-hydrogen) atoms. The van der Waals surface area contributed by atoms with Crippen molar-refractivity contribution >= 4 is 11.0 Å². The van der Waals surface area contributed by atoms with Gasteiger partial charge in [0.05, 0.1) is 6.26 Å². The van der Waals surface area contributed by atoms with E-state index in [4.69, 9.17) is 9.15 Å². The summed E-state index contributed by atoms with van der Waals surface area (Å²) in [6, 6.07) is 17.3. The lowest BCUT2D eigenvalue weighted by molar-refractivity contribution is 0.0373. The van der Waals surface area contributed by atoms with E-state index in [1.807, 2.05) is 54.6 Å². The van der Waals surface area contributed by atoms with Crippen LogP contribution in [0.2, 0.25) is 0 Å². The lowest BCUT2D eigenvalue weighted by Gasteiger charge is -2.24. The van der Waals surface area contributed by atoms with Crippen molar-refractivity contribution in [1.29, 1.82) is 0 Å². The van der Waals surface area contributed by atoms with Crippen molar-refractivity contribution in [2.75, 3.05) is 13.6 Å². The zero-order valence-electron chi connectivity index (χ0n) is 12.4. The molecule has 1 aromatic heterocycles. The number of para-hydroxylation sites is 1. The highest BCUT2D eigenvalue weighted by Crippen LogP contribution is 2.31. The molecule has 0 amide bonds. The molecule has 1 heterocycles. The van der Waals surface area contributed by atoms with Crippen LogP contribution in [-0.2, 0) is 0 Å². The number of ether oxygens (including phenoxy) is 1. The van der Waals surface area contributed by atoms with Crippen LogP contribution in [0.3, 0.4) is 0 Å². The van der Waals surface area contributed by atoms with E-state index in [0.29, 0.717) is 17.9 Å². The molecule has 0 bridgehead atoms. The van der Waals surface area contributed by atoms with Crippen molar-refractivity contribution in [3.05, 3.63) is 66.4 Å². The second-order valence-corrected chi connectivity index (χ2v) is 5.17. The Morgan fingerprint density at radius 1 is 1.09 bits per heavy atom. The van der Waals surface area contributed by atoms with E-state index < -0.39 is 12.2 Å². The van der Waals surface area contributed by atoms with Crippen LogP contribution >= 0.6 is 0 Å². The van der Waals surface area contributed by atoms with Crippen molar-refractivity contribution in [1.82, 2.24) is 5.32 Å². The maximum atomic E-state index is 10.4. The third-order valence-corrected chi connectivity index (χ3v) is 3.59.